The van der Waals surface area contributed by atoms with Gasteiger partial charge in [-0.1, -0.05) is 74.2 Å². The van der Waals surface area contributed by atoms with Crippen LogP contribution in [0.15, 0.2) is 48.5 Å². The van der Waals surface area contributed by atoms with E-state index in [4.69, 9.17) is 10.5 Å². The smallest absolute Gasteiger partial charge is 0.150 e. The highest BCUT2D eigenvalue weighted by Gasteiger charge is 2.23. The highest BCUT2D eigenvalue weighted by molar-refractivity contribution is 6.34. The van der Waals surface area contributed by atoms with E-state index in [0.29, 0.717) is 12.0 Å². The van der Waals surface area contributed by atoms with Crippen molar-refractivity contribution in [2.24, 2.45) is 5.73 Å². The van der Waals surface area contributed by atoms with Crippen LogP contribution in [0.4, 0.5) is 0 Å². The highest BCUT2D eigenvalue weighted by Crippen LogP contribution is 2.46. The Morgan fingerprint density at radius 3 is 1.58 bits per heavy atom. The second kappa shape index (κ2) is 11.2. The molecule has 2 fully saturated rings. The maximum Gasteiger partial charge on any atom is 0.150 e. The molecule has 0 aliphatic heterocycles. The van der Waals surface area contributed by atoms with Crippen LogP contribution in [-0.2, 0) is 4.79 Å². The van der Waals surface area contributed by atoms with Gasteiger partial charge < -0.3 is 10.5 Å². The first kappa shape index (κ1) is 26.3. The largest absolute Gasteiger partial charge is 0.328 e. The van der Waals surface area contributed by atoms with Gasteiger partial charge in [0.15, 0.2) is 6.29 Å². The molecule has 5 aromatic carbocycles. The molecule has 7 rings (SSSR count). The fraction of sp³-hybridized carbons (Fsp3) is 0.371. The van der Waals surface area contributed by atoms with Crippen LogP contribution in [0.3, 0.4) is 0 Å². The molecule has 2 N–H and O–H groups in total. The Hall–Kier alpha value is -3.30. The predicted molar refractivity (Wildman–Crippen MR) is 162 cm³/mol. The molecule has 0 heterocycles. The number of aldehydes is 2. The lowest BCUT2D eigenvalue weighted by Crippen LogP contribution is -2.13. The molecule has 3 heteroatoms. The number of carbonyl (C=O) groups is 2. The van der Waals surface area contributed by atoms with Gasteiger partial charge in [0, 0.05) is 11.6 Å². The maximum atomic E-state index is 11.8. The average Bonchev–Trinajstić information content (AvgIpc) is 3.64. The molecular formula is C35H39NO2. The summed E-state index contributed by atoms with van der Waals surface area (Å²) in [6, 6.07) is 18.5. The zero-order valence-corrected chi connectivity index (χ0v) is 23.0. The Kier molecular flexibility index (Phi) is 7.76. The number of fused-ring (bicyclic) bond motifs is 2. The molecule has 0 atom stereocenters. The Morgan fingerprint density at radius 2 is 1.08 bits per heavy atom. The van der Waals surface area contributed by atoms with Gasteiger partial charge in [0.2, 0.25) is 0 Å². The van der Waals surface area contributed by atoms with Crippen LogP contribution in [0.1, 0.15) is 91.3 Å². The summed E-state index contributed by atoms with van der Waals surface area (Å²) in [5, 5.41) is 10.4. The van der Waals surface area contributed by atoms with Gasteiger partial charge in [-0.25, -0.2) is 0 Å². The summed E-state index contributed by atoms with van der Waals surface area (Å²) in [6.45, 7) is 5.82. The first-order valence-electron chi connectivity index (χ1n) is 14.2. The predicted octanol–water partition coefficient (Wildman–Crippen LogP) is 8.92. The van der Waals surface area contributed by atoms with Crippen molar-refractivity contribution in [3.8, 4) is 0 Å². The van der Waals surface area contributed by atoms with Crippen molar-refractivity contribution in [1.82, 2.24) is 0 Å². The number of nitrogens with two attached hydrogens (primary N) is 1. The van der Waals surface area contributed by atoms with Crippen molar-refractivity contribution in [3.05, 3.63) is 70.8 Å². The van der Waals surface area contributed by atoms with Crippen molar-refractivity contribution in [3.63, 3.8) is 0 Å². The number of hydrogen-bond donors (Lipinski definition) is 1. The van der Waals surface area contributed by atoms with Gasteiger partial charge in [-0.05, 0) is 112 Å². The van der Waals surface area contributed by atoms with Crippen molar-refractivity contribution in [1.29, 1.82) is 0 Å². The van der Waals surface area contributed by atoms with E-state index in [1.54, 1.807) is 0 Å². The van der Waals surface area contributed by atoms with E-state index in [2.05, 4.69) is 56.3 Å². The van der Waals surface area contributed by atoms with Crippen LogP contribution in [0.5, 0.6) is 0 Å². The van der Waals surface area contributed by atoms with Crippen molar-refractivity contribution >= 4 is 55.7 Å². The Bertz CT molecular complexity index is 1580. The fourth-order valence-electron chi connectivity index (χ4n) is 6.93. The number of carbonyl (C=O) groups excluding carboxylic acids is 2. The van der Waals surface area contributed by atoms with E-state index in [1.807, 2.05) is 6.07 Å². The number of rotatable bonds is 2. The van der Waals surface area contributed by atoms with Crippen LogP contribution in [0.25, 0.3) is 43.1 Å². The van der Waals surface area contributed by atoms with Crippen LogP contribution in [0.2, 0.25) is 0 Å². The third-order valence-electron chi connectivity index (χ3n) is 8.70. The monoisotopic (exact) mass is 505 g/mol. The van der Waals surface area contributed by atoms with E-state index in [0.717, 1.165) is 23.5 Å². The lowest BCUT2D eigenvalue weighted by molar-refractivity contribution is -0.106. The highest BCUT2D eigenvalue weighted by atomic mass is 16.1. The summed E-state index contributed by atoms with van der Waals surface area (Å²) in [6.07, 6.45) is 12.3. The summed E-state index contributed by atoms with van der Waals surface area (Å²) in [7, 11) is 0. The Labute approximate surface area is 225 Å². The first-order valence-corrected chi connectivity index (χ1v) is 14.2. The molecule has 0 saturated heterocycles. The lowest BCUT2D eigenvalue weighted by atomic mass is 9.82. The molecule has 0 aromatic heterocycles. The molecule has 3 nitrogen and oxygen atoms in total. The van der Waals surface area contributed by atoms with E-state index < -0.39 is 0 Å². The van der Waals surface area contributed by atoms with Gasteiger partial charge >= 0.3 is 0 Å². The molecular weight excluding hydrogens is 466 g/mol. The fourth-order valence-corrected chi connectivity index (χ4v) is 6.93. The van der Waals surface area contributed by atoms with Gasteiger partial charge in [0.05, 0.1) is 0 Å². The zero-order valence-electron chi connectivity index (χ0n) is 23.0. The molecule has 5 aromatic rings. The number of aryl methyl sites for hydroxylation is 2. The molecule has 2 aliphatic carbocycles. The minimum Gasteiger partial charge on any atom is -0.328 e. The minimum atomic E-state index is 0.546. The molecule has 2 saturated carbocycles. The number of hydrogen-bond acceptors (Lipinski definition) is 3. The lowest BCUT2D eigenvalue weighted by Gasteiger charge is -2.21. The topological polar surface area (TPSA) is 60.2 Å². The zero-order chi connectivity index (χ0) is 26.8. The van der Waals surface area contributed by atoms with Crippen molar-refractivity contribution in [2.45, 2.75) is 84.1 Å². The van der Waals surface area contributed by atoms with Gasteiger partial charge in [-0.15, -0.1) is 0 Å². The summed E-state index contributed by atoms with van der Waals surface area (Å²) in [5.41, 5.74) is 10.4. The molecule has 2 aliphatic rings. The molecule has 0 unspecified atom stereocenters. The Morgan fingerprint density at radius 1 is 0.632 bits per heavy atom. The first-order chi connectivity index (χ1) is 18.5. The Balaban J connectivity index is 0.000000282. The molecule has 196 valence electrons. The summed E-state index contributed by atoms with van der Waals surface area (Å²) >= 11 is 0. The molecule has 0 radical (unpaired) electrons. The SMILES string of the molecule is CC=O.Cc1ccc2c3ccc(C4CCCC4)c4c(C)ccc(c5ccc(C=O)c1c52)c43.NC1CCCC1. The van der Waals surface area contributed by atoms with Gasteiger partial charge in [0.25, 0.3) is 0 Å². The maximum absolute atomic E-state index is 11.8. The minimum absolute atomic E-state index is 0.546. The third kappa shape index (κ3) is 4.58. The van der Waals surface area contributed by atoms with Crippen molar-refractivity contribution < 1.29 is 9.59 Å². The molecule has 0 bridgehead atoms. The standard InChI is InChI=1S/C28H24O.C5H11N.C2H4O/c1-16-7-10-21-24-14-13-20(18-5-3-4-6-18)26-17(2)8-11-22(28(24)26)23-12-9-19(15-29)25(16)27(21)23;6-5-3-1-2-4-5;1-2-3/h7-15,18H,3-6H2,1-2H3;5H,1-4,6H2;2H,1H3. The summed E-state index contributed by atoms with van der Waals surface area (Å²) in [5.74, 6) is 0.690. The van der Waals surface area contributed by atoms with Crippen LogP contribution >= 0.6 is 0 Å². The van der Waals surface area contributed by atoms with Gasteiger partial charge in [0.1, 0.15) is 6.29 Å². The summed E-state index contributed by atoms with van der Waals surface area (Å²) < 4.78 is 0. The second-order valence-corrected chi connectivity index (χ2v) is 11.1. The third-order valence-corrected chi connectivity index (χ3v) is 8.70. The van der Waals surface area contributed by atoms with Crippen LogP contribution in [0, 0.1) is 13.8 Å². The van der Waals surface area contributed by atoms with E-state index in [-0.39, 0.29) is 0 Å². The number of benzene rings is 5. The average molecular weight is 506 g/mol. The normalized spacial score (nSPS) is 16.1. The van der Waals surface area contributed by atoms with Gasteiger partial charge in [-0.2, -0.15) is 0 Å². The van der Waals surface area contributed by atoms with Crippen LogP contribution < -0.4 is 5.73 Å². The molecule has 38 heavy (non-hydrogen) atoms. The van der Waals surface area contributed by atoms with Crippen LogP contribution in [-0.4, -0.2) is 18.6 Å². The second-order valence-electron chi connectivity index (χ2n) is 11.1. The van der Waals surface area contributed by atoms with Crippen molar-refractivity contribution in [2.75, 3.05) is 0 Å². The van der Waals surface area contributed by atoms with E-state index in [1.165, 1.54) is 113 Å². The quantitative estimate of drug-likeness (QED) is 0.148. The van der Waals surface area contributed by atoms with E-state index >= 15 is 0 Å². The van der Waals surface area contributed by atoms with Gasteiger partial charge in [-0.3, -0.25) is 4.79 Å². The summed E-state index contributed by atoms with van der Waals surface area (Å²) in [4.78, 5) is 20.6. The molecule has 0 spiro atoms. The molecule has 0 amide bonds. The van der Waals surface area contributed by atoms with E-state index in [9.17, 15) is 4.79 Å².